The fourth-order valence-corrected chi connectivity index (χ4v) is 2.45. The largest absolute Gasteiger partial charge is 0.454 e. The van der Waals surface area contributed by atoms with Gasteiger partial charge in [-0.15, -0.1) is 0 Å². The van der Waals surface area contributed by atoms with Crippen LogP contribution in [0.25, 0.3) is 0 Å². The second-order valence-electron chi connectivity index (χ2n) is 4.90. The third-order valence-corrected chi connectivity index (χ3v) is 3.53. The Morgan fingerprint density at radius 1 is 1.16 bits per heavy atom. The van der Waals surface area contributed by atoms with Gasteiger partial charge in [0.15, 0.2) is 11.5 Å². The van der Waals surface area contributed by atoms with E-state index in [-0.39, 0.29) is 6.79 Å². The van der Waals surface area contributed by atoms with E-state index in [4.69, 9.17) is 14.2 Å². The highest BCUT2D eigenvalue weighted by atomic mass is 16.7. The van der Waals surface area contributed by atoms with E-state index in [1.165, 1.54) is 0 Å². The number of hydrogen-bond acceptors (Lipinski definition) is 5. The van der Waals surface area contributed by atoms with Crippen LogP contribution in [-0.4, -0.2) is 49.6 Å². The molecule has 1 atom stereocenters. The van der Waals surface area contributed by atoms with Crippen LogP contribution in [0.3, 0.4) is 0 Å². The van der Waals surface area contributed by atoms with Crippen molar-refractivity contribution in [1.82, 2.24) is 4.90 Å². The molecule has 0 spiro atoms. The Morgan fingerprint density at radius 3 is 3.00 bits per heavy atom. The lowest BCUT2D eigenvalue weighted by molar-refractivity contribution is 0.103. The van der Waals surface area contributed by atoms with Gasteiger partial charge >= 0.3 is 0 Å². The molecule has 1 aromatic carbocycles. The zero-order valence-corrected chi connectivity index (χ0v) is 10.9. The molecule has 0 amide bonds. The number of rotatable bonds is 3. The van der Waals surface area contributed by atoms with Crippen LogP contribution in [0.1, 0.15) is 18.1 Å². The van der Waals surface area contributed by atoms with Crippen LogP contribution in [-0.2, 0) is 4.74 Å². The molecule has 1 saturated heterocycles. The predicted molar refractivity (Wildman–Crippen MR) is 69.4 cm³/mol. The molecule has 0 aromatic heterocycles. The lowest BCUT2D eigenvalue weighted by atomic mass is 10.1. The predicted octanol–water partition coefficient (Wildman–Crippen LogP) is 1.17. The van der Waals surface area contributed by atoms with Crippen molar-refractivity contribution >= 4 is 0 Å². The first-order chi connectivity index (χ1) is 9.33. The van der Waals surface area contributed by atoms with E-state index in [2.05, 4.69) is 4.90 Å². The first-order valence-electron chi connectivity index (χ1n) is 6.70. The van der Waals surface area contributed by atoms with Crippen LogP contribution < -0.4 is 9.47 Å². The summed E-state index contributed by atoms with van der Waals surface area (Å²) in [4.78, 5) is 2.24. The minimum atomic E-state index is -0.507. The van der Waals surface area contributed by atoms with E-state index in [0.29, 0.717) is 6.54 Å². The van der Waals surface area contributed by atoms with Crippen molar-refractivity contribution in [2.45, 2.75) is 12.5 Å². The minimum Gasteiger partial charge on any atom is -0.454 e. The Morgan fingerprint density at radius 2 is 2.05 bits per heavy atom. The Bertz CT molecular complexity index is 429. The van der Waals surface area contributed by atoms with Gasteiger partial charge in [0.2, 0.25) is 6.79 Å². The number of aliphatic hydroxyl groups excluding tert-OH is 1. The molecule has 0 saturated carbocycles. The molecule has 3 rings (SSSR count). The van der Waals surface area contributed by atoms with Crippen LogP contribution in [0, 0.1) is 0 Å². The Hall–Kier alpha value is -1.30. The molecule has 0 aliphatic carbocycles. The van der Waals surface area contributed by atoms with E-state index in [1.54, 1.807) is 0 Å². The maximum atomic E-state index is 10.3. The van der Waals surface area contributed by atoms with Crippen molar-refractivity contribution in [2.75, 3.05) is 39.6 Å². The normalized spacial score (nSPS) is 21.1. The molecule has 19 heavy (non-hydrogen) atoms. The van der Waals surface area contributed by atoms with E-state index in [1.807, 2.05) is 18.2 Å². The van der Waals surface area contributed by atoms with E-state index < -0.39 is 6.10 Å². The van der Waals surface area contributed by atoms with Crippen LogP contribution in [0.15, 0.2) is 18.2 Å². The molecular weight excluding hydrogens is 246 g/mol. The zero-order valence-electron chi connectivity index (χ0n) is 10.9. The maximum Gasteiger partial charge on any atom is 0.231 e. The van der Waals surface area contributed by atoms with E-state index in [9.17, 15) is 5.11 Å². The number of aliphatic hydroxyl groups is 1. The highest BCUT2D eigenvalue weighted by Crippen LogP contribution is 2.34. The zero-order chi connectivity index (χ0) is 13.1. The second-order valence-corrected chi connectivity index (χ2v) is 4.90. The van der Waals surface area contributed by atoms with Crippen molar-refractivity contribution in [3.63, 3.8) is 0 Å². The monoisotopic (exact) mass is 265 g/mol. The summed E-state index contributed by atoms with van der Waals surface area (Å²) in [5.74, 6) is 1.47. The van der Waals surface area contributed by atoms with Crippen molar-refractivity contribution in [3.05, 3.63) is 23.8 Å². The van der Waals surface area contributed by atoms with Gasteiger partial charge in [-0.1, -0.05) is 6.07 Å². The van der Waals surface area contributed by atoms with Gasteiger partial charge in [0.05, 0.1) is 12.7 Å². The number of hydrogen-bond donors (Lipinski definition) is 1. The Kier molecular flexibility index (Phi) is 3.87. The third-order valence-electron chi connectivity index (χ3n) is 3.53. The smallest absolute Gasteiger partial charge is 0.231 e. The van der Waals surface area contributed by atoms with Gasteiger partial charge in [-0.3, -0.25) is 4.90 Å². The van der Waals surface area contributed by atoms with Gasteiger partial charge in [-0.2, -0.15) is 0 Å². The summed E-state index contributed by atoms with van der Waals surface area (Å²) in [5.41, 5.74) is 0.870. The molecule has 5 heteroatoms. The van der Waals surface area contributed by atoms with Gasteiger partial charge in [-0.05, 0) is 24.1 Å². The molecule has 2 heterocycles. The lowest BCUT2D eigenvalue weighted by Gasteiger charge is -2.22. The van der Waals surface area contributed by atoms with Crippen molar-refractivity contribution in [1.29, 1.82) is 0 Å². The molecular formula is C14H19NO4. The first-order valence-corrected chi connectivity index (χ1v) is 6.70. The van der Waals surface area contributed by atoms with Gasteiger partial charge in [0.25, 0.3) is 0 Å². The number of benzene rings is 1. The molecule has 104 valence electrons. The topological polar surface area (TPSA) is 51.2 Å². The molecule has 1 unspecified atom stereocenters. The van der Waals surface area contributed by atoms with E-state index >= 15 is 0 Å². The number of fused-ring (bicyclic) bond motifs is 1. The summed E-state index contributed by atoms with van der Waals surface area (Å²) < 4.78 is 16.0. The Labute approximate surface area is 112 Å². The summed E-state index contributed by atoms with van der Waals surface area (Å²) >= 11 is 0. The van der Waals surface area contributed by atoms with Crippen molar-refractivity contribution in [2.24, 2.45) is 0 Å². The fraction of sp³-hybridized carbons (Fsp3) is 0.571. The van der Waals surface area contributed by atoms with Crippen LogP contribution in [0.2, 0.25) is 0 Å². The number of ether oxygens (including phenoxy) is 3. The van der Waals surface area contributed by atoms with Crippen LogP contribution in [0.5, 0.6) is 11.5 Å². The number of nitrogens with zero attached hydrogens (tertiary/aromatic N) is 1. The maximum absolute atomic E-state index is 10.3. The number of β-amino-alcohol motifs (C(OH)–C–C–N with tert-alkyl or cyclic N) is 1. The standard InChI is InChI=1S/C14H19NO4/c16-12(9-15-4-1-6-17-7-5-15)11-2-3-13-14(8-11)19-10-18-13/h2-3,8,12,16H,1,4-7,9-10H2. The van der Waals surface area contributed by atoms with Gasteiger partial charge in [0, 0.05) is 26.2 Å². The molecule has 1 aromatic rings. The molecule has 0 radical (unpaired) electrons. The lowest BCUT2D eigenvalue weighted by Crippen LogP contribution is -2.31. The van der Waals surface area contributed by atoms with Gasteiger partial charge in [0.1, 0.15) is 0 Å². The average Bonchev–Trinajstić information content (AvgIpc) is 2.75. The highest BCUT2D eigenvalue weighted by molar-refractivity contribution is 5.45. The molecule has 1 N–H and O–H groups in total. The summed E-state index contributed by atoms with van der Waals surface area (Å²) in [6.45, 7) is 4.30. The highest BCUT2D eigenvalue weighted by Gasteiger charge is 2.19. The molecule has 1 fully saturated rings. The molecule has 2 aliphatic rings. The second kappa shape index (κ2) is 5.77. The summed E-state index contributed by atoms with van der Waals surface area (Å²) in [6.07, 6.45) is 0.515. The van der Waals surface area contributed by atoms with Crippen molar-refractivity contribution < 1.29 is 19.3 Å². The quantitative estimate of drug-likeness (QED) is 0.889. The summed E-state index contributed by atoms with van der Waals surface area (Å²) in [7, 11) is 0. The summed E-state index contributed by atoms with van der Waals surface area (Å²) in [5, 5.41) is 10.3. The first kappa shape index (κ1) is 12.7. The fourth-order valence-electron chi connectivity index (χ4n) is 2.45. The van der Waals surface area contributed by atoms with E-state index in [0.717, 1.165) is 49.8 Å². The minimum absolute atomic E-state index is 0.262. The molecule has 5 nitrogen and oxygen atoms in total. The van der Waals surface area contributed by atoms with Crippen LogP contribution >= 0.6 is 0 Å². The Balaban J connectivity index is 1.64. The van der Waals surface area contributed by atoms with Crippen LogP contribution in [0.4, 0.5) is 0 Å². The van der Waals surface area contributed by atoms with Crippen molar-refractivity contribution in [3.8, 4) is 11.5 Å². The van der Waals surface area contributed by atoms with Gasteiger partial charge in [-0.25, -0.2) is 0 Å². The average molecular weight is 265 g/mol. The molecule has 0 bridgehead atoms. The third kappa shape index (κ3) is 3.00. The SMILES string of the molecule is OC(CN1CCCOCC1)c1ccc2c(c1)OCO2. The van der Waals surface area contributed by atoms with Gasteiger partial charge < -0.3 is 19.3 Å². The summed E-state index contributed by atoms with van der Waals surface area (Å²) in [6, 6.07) is 5.61. The molecule has 2 aliphatic heterocycles.